The number of amides is 2. The summed E-state index contributed by atoms with van der Waals surface area (Å²) < 4.78 is 0. The number of nitrogens with two attached hydrogens (primary N) is 1. The van der Waals surface area contributed by atoms with Crippen molar-refractivity contribution in [2.24, 2.45) is 0 Å². The van der Waals surface area contributed by atoms with Gasteiger partial charge in [-0.1, -0.05) is 6.07 Å². The molecule has 1 aromatic heterocycles. The minimum Gasteiger partial charge on any atom is -0.399 e. The number of H-pyrrole nitrogens is 1. The first-order valence-corrected chi connectivity index (χ1v) is 6.20. The molecule has 1 aromatic carbocycles. The van der Waals surface area contributed by atoms with Gasteiger partial charge in [0.05, 0.1) is 12.6 Å². The highest BCUT2D eigenvalue weighted by Gasteiger charge is 2.36. The lowest BCUT2D eigenvalue weighted by Crippen LogP contribution is -2.29. The van der Waals surface area contributed by atoms with E-state index in [1.807, 2.05) is 49.6 Å². The molecule has 1 unspecified atom stereocenters. The Morgan fingerprint density at radius 3 is 2.84 bits per heavy atom. The summed E-state index contributed by atoms with van der Waals surface area (Å²) in [7, 11) is 1.82. The Kier molecular flexibility index (Phi) is 2.67. The van der Waals surface area contributed by atoms with Crippen molar-refractivity contribution in [2.75, 3.05) is 24.2 Å². The van der Waals surface area contributed by atoms with Crippen molar-refractivity contribution in [3.8, 4) is 0 Å². The average Bonchev–Trinajstić information content (AvgIpc) is 3.00. The molecule has 3 rings (SSSR count). The Morgan fingerprint density at radius 2 is 2.16 bits per heavy atom. The van der Waals surface area contributed by atoms with Gasteiger partial charge in [0, 0.05) is 30.3 Å². The van der Waals surface area contributed by atoms with Gasteiger partial charge in [0.25, 0.3) is 0 Å². The zero-order chi connectivity index (χ0) is 13.4. The van der Waals surface area contributed by atoms with E-state index >= 15 is 0 Å². The minimum absolute atomic E-state index is 0.00907. The number of aromatic nitrogens is 1. The van der Waals surface area contributed by atoms with Gasteiger partial charge in [0.1, 0.15) is 0 Å². The number of benzene rings is 1. The summed E-state index contributed by atoms with van der Waals surface area (Å²) in [6.45, 7) is 0.624. The molecule has 3 N–H and O–H groups in total. The number of nitrogens with zero attached hydrogens (tertiary/aromatic N) is 2. The molecule has 98 valence electrons. The van der Waals surface area contributed by atoms with Crippen molar-refractivity contribution in [1.82, 2.24) is 9.88 Å². The largest absolute Gasteiger partial charge is 0.399 e. The summed E-state index contributed by atoms with van der Waals surface area (Å²) in [5, 5.41) is 0. The molecule has 2 aromatic rings. The molecule has 1 fully saturated rings. The zero-order valence-corrected chi connectivity index (χ0v) is 10.7. The molecule has 0 aliphatic carbocycles. The number of nitrogen functional groups attached to an aromatic ring is 1. The van der Waals surface area contributed by atoms with Crippen LogP contribution in [0, 0.1) is 0 Å². The van der Waals surface area contributed by atoms with Crippen molar-refractivity contribution in [2.45, 2.75) is 6.04 Å². The number of aromatic amines is 1. The molecule has 1 saturated heterocycles. The van der Waals surface area contributed by atoms with Gasteiger partial charge >= 0.3 is 6.03 Å². The van der Waals surface area contributed by atoms with Crippen molar-refractivity contribution in [1.29, 1.82) is 0 Å². The van der Waals surface area contributed by atoms with E-state index < -0.39 is 0 Å². The highest BCUT2D eigenvalue weighted by molar-refractivity contribution is 5.95. The van der Waals surface area contributed by atoms with Crippen LogP contribution in [0.25, 0.3) is 0 Å². The predicted octanol–water partition coefficient (Wildman–Crippen LogP) is 2.21. The van der Waals surface area contributed by atoms with Crippen molar-refractivity contribution >= 4 is 17.4 Å². The summed E-state index contributed by atoms with van der Waals surface area (Å²) in [5.41, 5.74) is 8.32. The van der Waals surface area contributed by atoms with E-state index in [1.165, 1.54) is 0 Å². The van der Waals surface area contributed by atoms with Crippen molar-refractivity contribution in [3.05, 3.63) is 48.3 Å². The Hall–Kier alpha value is -2.43. The fourth-order valence-electron chi connectivity index (χ4n) is 2.46. The second-order valence-electron chi connectivity index (χ2n) is 4.74. The first-order valence-electron chi connectivity index (χ1n) is 6.20. The molecule has 5 heteroatoms. The number of nitrogens with one attached hydrogen (secondary N) is 1. The molecular formula is C14H16N4O. The maximum Gasteiger partial charge on any atom is 0.324 e. The molecule has 5 nitrogen and oxygen atoms in total. The molecule has 1 atom stereocenters. The summed E-state index contributed by atoms with van der Waals surface area (Å²) >= 11 is 0. The highest BCUT2D eigenvalue weighted by Crippen LogP contribution is 2.31. The number of carbonyl (C=O) groups is 1. The van der Waals surface area contributed by atoms with Crippen LogP contribution >= 0.6 is 0 Å². The lowest BCUT2D eigenvalue weighted by molar-refractivity contribution is 0.218. The number of likely N-dealkylation sites (N-methyl/N-ethyl adjacent to an activating group) is 1. The number of anilines is 2. The van der Waals surface area contributed by atoms with E-state index in [0.717, 1.165) is 11.4 Å². The molecule has 0 bridgehead atoms. The highest BCUT2D eigenvalue weighted by atomic mass is 16.2. The van der Waals surface area contributed by atoms with E-state index in [1.54, 1.807) is 9.80 Å². The maximum atomic E-state index is 12.3. The second-order valence-corrected chi connectivity index (χ2v) is 4.74. The van der Waals surface area contributed by atoms with Crippen LogP contribution in [0.1, 0.15) is 11.7 Å². The number of urea groups is 1. The zero-order valence-electron chi connectivity index (χ0n) is 10.7. The van der Waals surface area contributed by atoms with Crippen molar-refractivity contribution < 1.29 is 4.79 Å². The van der Waals surface area contributed by atoms with E-state index in [9.17, 15) is 4.79 Å². The molecule has 1 aliphatic rings. The van der Waals surface area contributed by atoms with Gasteiger partial charge in [-0.15, -0.1) is 0 Å². The van der Waals surface area contributed by atoms with Crippen LogP contribution in [0.2, 0.25) is 0 Å². The summed E-state index contributed by atoms with van der Waals surface area (Å²) in [6.07, 6.45) is 1.87. The number of hydrogen-bond acceptors (Lipinski definition) is 2. The topological polar surface area (TPSA) is 65.4 Å². The van der Waals surface area contributed by atoms with Crippen LogP contribution in [0.5, 0.6) is 0 Å². The third-order valence-electron chi connectivity index (χ3n) is 3.52. The van der Waals surface area contributed by atoms with Crippen LogP contribution in [-0.4, -0.2) is 29.5 Å². The molecule has 19 heavy (non-hydrogen) atoms. The molecule has 0 radical (unpaired) electrons. The van der Waals surface area contributed by atoms with Gasteiger partial charge in [-0.3, -0.25) is 4.90 Å². The average molecular weight is 256 g/mol. The number of carbonyl (C=O) groups excluding carboxylic acids is 1. The third-order valence-corrected chi connectivity index (χ3v) is 3.52. The van der Waals surface area contributed by atoms with Gasteiger partial charge in [-0.25, -0.2) is 4.79 Å². The molecular weight excluding hydrogens is 240 g/mol. The molecule has 0 spiro atoms. The first-order chi connectivity index (χ1) is 9.16. The Labute approximate surface area is 111 Å². The van der Waals surface area contributed by atoms with Crippen LogP contribution in [0.15, 0.2) is 42.6 Å². The van der Waals surface area contributed by atoms with E-state index in [4.69, 9.17) is 5.73 Å². The molecule has 2 amide bonds. The SMILES string of the molecule is CN1C(=O)N(c2cccc(N)c2)CC1c1ccc[nH]1. The van der Waals surface area contributed by atoms with Crippen molar-refractivity contribution in [3.63, 3.8) is 0 Å². The van der Waals surface area contributed by atoms with Crippen LogP contribution in [0.4, 0.5) is 16.2 Å². The van der Waals surface area contributed by atoms with Gasteiger partial charge in [-0.2, -0.15) is 0 Å². The first kappa shape index (κ1) is 11.6. The van der Waals surface area contributed by atoms with Crippen LogP contribution in [-0.2, 0) is 0 Å². The number of hydrogen-bond donors (Lipinski definition) is 2. The van der Waals surface area contributed by atoms with Crippen LogP contribution in [0.3, 0.4) is 0 Å². The maximum absolute atomic E-state index is 12.3. The predicted molar refractivity (Wildman–Crippen MR) is 74.9 cm³/mol. The minimum atomic E-state index is -0.00907. The summed E-state index contributed by atoms with van der Waals surface area (Å²) in [6, 6.07) is 11.4. The quantitative estimate of drug-likeness (QED) is 0.809. The van der Waals surface area contributed by atoms with Gasteiger partial charge in [0.2, 0.25) is 0 Å². The fraction of sp³-hybridized carbons (Fsp3) is 0.214. The molecule has 0 saturated carbocycles. The smallest absolute Gasteiger partial charge is 0.324 e. The lowest BCUT2D eigenvalue weighted by Gasteiger charge is -2.16. The molecule has 1 aliphatic heterocycles. The summed E-state index contributed by atoms with van der Waals surface area (Å²) in [5.74, 6) is 0. The number of rotatable bonds is 2. The normalized spacial score (nSPS) is 19.2. The Bertz CT molecular complexity index is 593. The van der Waals surface area contributed by atoms with E-state index in [0.29, 0.717) is 12.2 Å². The van der Waals surface area contributed by atoms with E-state index in [2.05, 4.69) is 4.98 Å². The van der Waals surface area contributed by atoms with Gasteiger partial charge in [-0.05, 0) is 30.3 Å². The monoisotopic (exact) mass is 256 g/mol. The third kappa shape index (κ3) is 1.93. The Morgan fingerprint density at radius 1 is 1.32 bits per heavy atom. The Balaban J connectivity index is 1.91. The molecule has 2 heterocycles. The lowest BCUT2D eigenvalue weighted by atomic mass is 10.2. The standard InChI is InChI=1S/C14H16N4O/c1-17-13(12-6-3-7-16-12)9-18(14(17)19)11-5-2-4-10(15)8-11/h2-8,13,16H,9,15H2,1H3. The van der Waals surface area contributed by atoms with Gasteiger partial charge in [0.15, 0.2) is 0 Å². The second kappa shape index (κ2) is 4.35. The fourth-order valence-corrected chi connectivity index (χ4v) is 2.46. The van der Waals surface area contributed by atoms with Crippen LogP contribution < -0.4 is 10.6 Å². The summed E-state index contributed by atoms with van der Waals surface area (Å²) in [4.78, 5) is 19.0. The van der Waals surface area contributed by atoms with E-state index in [-0.39, 0.29) is 12.1 Å². The van der Waals surface area contributed by atoms with Gasteiger partial charge < -0.3 is 15.6 Å².